The van der Waals surface area contributed by atoms with Crippen LogP contribution in [0.5, 0.6) is 0 Å². The van der Waals surface area contributed by atoms with Gasteiger partial charge in [-0.1, -0.05) is 19.8 Å². The molecule has 4 rings (SSSR count). The van der Waals surface area contributed by atoms with Crippen LogP contribution in [0.3, 0.4) is 0 Å². The van der Waals surface area contributed by atoms with E-state index in [1.165, 1.54) is 24.2 Å². The SMILES string of the molecule is C#C[C@]1(O)CCC2C3CCC4C[C@H](OC(=O)N(C)C)CC[C@]4(C)C3CC[C@@]21C. The van der Waals surface area contributed by atoms with Crippen LogP contribution in [0, 0.1) is 46.8 Å². The van der Waals surface area contributed by atoms with E-state index in [0.717, 1.165) is 44.4 Å². The maximum absolute atomic E-state index is 12.0. The molecular formula is C24H37NO3. The Bertz CT molecular complexity index is 684. The molecule has 1 N–H and O–H groups in total. The normalized spacial score (nSPS) is 49.9. The number of aliphatic hydroxyl groups is 1. The molecule has 0 bridgehead atoms. The van der Waals surface area contributed by atoms with Crippen molar-refractivity contribution in [2.45, 2.75) is 83.3 Å². The maximum atomic E-state index is 12.0. The molecule has 4 fully saturated rings. The topological polar surface area (TPSA) is 49.8 Å². The van der Waals surface area contributed by atoms with Crippen LogP contribution in [0.4, 0.5) is 4.79 Å². The molecule has 28 heavy (non-hydrogen) atoms. The van der Waals surface area contributed by atoms with E-state index in [1.54, 1.807) is 14.1 Å². The van der Waals surface area contributed by atoms with Crippen molar-refractivity contribution in [1.29, 1.82) is 0 Å². The number of amides is 1. The largest absolute Gasteiger partial charge is 0.446 e. The number of carbonyl (C=O) groups is 1. The Kier molecular flexibility index (Phi) is 4.77. The van der Waals surface area contributed by atoms with Crippen LogP contribution in [0.1, 0.15) is 71.6 Å². The zero-order valence-electron chi connectivity index (χ0n) is 18.0. The minimum atomic E-state index is -0.918. The highest BCUT2D eigenvalue weighted by atomic mass is 16.6. The van der Waals surface area contributed by atoms with E-state index in [1.807, 2.05) is 0 Å². The average Bonchev–Trinajstić information content (AvgIpc) is 2.93. The first kappa shape index (κ1) is 20.1. The number of fused-ring (bicyclic) bond motifs is 5. The Labute approximate surface area is 170 Å². The second-order valence-electron chi connectivity index (χ2n) is 10.8. The van der Waals surface area contributed by atoms with Crippen molar-refractivity contribution in [2.24, 2.45) is 34.5 Å². The second-order valence-corrected chi connectivity index (χ2v) is 10.8. The molecule has 0 aromatic carbocycles. The van der Waals surface area contributed by atoms with Crippen molar-refractivity contribution in [1.82, 2.24) is 4.90 Å². The molecule has 4 saturated carbocycles. The fourth-order valence-electron chi connectivity index (χ4n) is 7.83. The van der Waals surface area contributed by atoms with Gasteiger partial charge >= 0.3 is 6.09 Å². The lowest BCUT2D eigenvalue weighted by atomic mass is 9.44. The number of terminal acetylenes is 1. The van der Waals surface area contributed by atoms with Gasteiger partial charge in [0.25, 0.3) is 0 Å². The van der Waals surface area contributed by atoms with Gasteiger partial charge in [-0.05, 0) is 86.9 Å². The summed E-state index contributed by atoms with van der Waals surface area (Å²) in [6, 6.07) is 0. The summed E-state index contributed by atoms with van der Waals surface area (Å²) in [6.45, 7) is 4.76. The molecule has 0 saturated heterocycles. The summed E-state index contributed by atoms with van der Waals surface area (Å²) in [5, 5.41) is 11.1. The van der Waals surface area contributed by atoms with Crippen LogP contribution >= 0.6 is 0 Å². The summed E-state index contributed by atoms with van der Waals surface area (Å²) in [6.07, 6.45) is 15.3. The molecule has 1 amide bonds. The average molecular weight is 388 g/mol. The Hall–Kier alpha value is -1.21. The van der Waals surface area contributed by atoms with Gasteiger partial charge in [-0.3, -0.25) is 0 Å². The van der Waals surface area contributed by atoms with E-state index < -0.39 is 5.60 Å². The van der Waals surface area contributed by atoms with Crippen LogP contribution in [0.25, 0.3) is 0 Å². The third-order valence-electron chi connectivity index (χ3n) is 9.64. The van der Waals surface area contributed by atoms with Gasteiger partial charge in [0.15, 0.2) is 0 Å². The fourth-order valence-corrected chi connectivity index (χ4v) is 7.83. The second kappa shape index (κ2) is 6.66. The lowest BCUT2D eigenvalue weighted by molar-refractivity contribution is -0.145. The standard InChI is InChI=1S/C24H37NO3/c1-6-24(27)14-11-20-18-8-7-16-15-17(28-21(26)25(4)5)9-12-22(16,2)19(18)10-13-23(20,24)3/h1,16-20,27H,7-15H2,2-5H3/t16?,17-,18?,19?,20?,22+,23+,24+/m1/s1. The van der Waals surface area contributed by atoms with Crippen molar-refractivity contribution in [3.8, 4) is 12.3 Å². The number of carbonyl (C=O) groups excluding carboxylic acids is 1. The van der Waals surface area contributed by atoms with E-state index in [-0.39, 0.29) is 17.6 Å². The summed E-state index contributed by atoms with van der Waals surface area (Å²) < 4.78 is 5.74. The molecule has 0 spiro atoms. The number of hydrogen-bond acceptors (Lipinski definition) is 3. The first-order valence-electron chi connectivity index (χ1n) is 11.2. The van der Waals surface area contributed by atoms with Crippen LogP contribution in [-0.2, 0) is 4.74 Å². The van der Waals surface area contributed by atoms with E-state index in [0.29, 0.717) is 23.2 Å². The van der Waals surface area contributed by atoms with E-state index >= 15 is 0 Å². The Morgan fingerprint density at radius 2 is 1.79 bits per heavy atom. The van der Waals surface area contributed by atoms with E-state index in [4.69, 9.17) is 11.2 Å². The van der Waals surface area contributed by atoms with Crippen LogP contribution in [-0.4, -0.2) is 41.9 Å². The molecule has 0 aromatic rings. The summed E-state index contributed by atoms with van der Waals surface area (Å²) in [5.74, 6) is 5.37. The smallest absolute Gasteiger partial charge is 0.409 e. The van der Waals surface area contributed by atoms with Crippen LogP contribution < -0.4 is 0 Å². The van der Waals surface area contributed by atoms with Gasteiger partial charge in [-0.15, -0.1) is 6.42 Å². The van der Waals surface area contributed by atoms with Crippen molar-refractivity contribution in [3.05, 3.63) is 0 Å². The molecule has 0 radical (unpaired) electrons. The molecule has 0 aromatic heterocycles. The minimum absolute atomic E-state index is 0.0661. The highest BCUT2D eigenvalue weighted by Gasteiger charge is 2.64. The highest BCUT2D eigenvalue weighted by Crippen LogP contribution is 2.68. The molecule has 4 unspecified atom stereocenters. The number of nitrogens with zero attached hydrogens (tertiary/aromatic N) is 1. The third-order valence-corrected chi connectivity index (χ3v) is 9.64. The predicted octanol–water partition coefficient (Wildman–Crippen LogP) is 4.46. The summed E-state index contributed by atoms with van der Waals surface area (Å²) >= 11 is 0. The molecular weight excluding hydrogens is 350 g/mol. The van der Waals surface area contributed by atoms with E-state index in [2.05, 4.69) is 19.8 Å². The zero-order valence-corrected chi connectivity index (χ0v) is 18.0. The lowest BCUT2D eigenvalue weighted by Gasteiger charge is -2.61. The first-order chi connectivity index (χ1) is 13.1. The number of hydrogen-bond donors (Lipinski definition) is 1. The van der Waals surface area contributed by atoms with Gasteiger partial charge in [0, 0.05) is 19.5 Å². The molecule has 4 heteroatoms. The molecule has 156 valence electrons. The van der Waals surface area contributed by atoms with Crippen molar-refractivity contribution in [2.75, 3.05) is 14.1 Å². The summed E-state index contributed by atoms with van der Waals surface area (Å²) in [5.41, 5.74) is -0.703. The van der Waals surface area contributed by atoms with Gasteiger partial charge in [0.2, 0.25) is 0 Å². The van der Waals surface area contributed by atoms with Gasteiger partial charge in [-0.25, -0.2) is 4.79 Å². The monoisotopic (exact) mass is 387 g/mol. The Morgan fingerprint density at radius 3 is 2.46 bits per heavy atom. The Morgan fingerprint density at radius 1 is 1.07 bits per heavy atom. The zero-order chi connectivity index (χ0) is 20.3. The molecule has 4 aliphatic rings. The van der Waals surface area contributed by atoms with Crippen LogP contribution in [0.15, 0.2) is 0 Å². The fraction of sp³-hybridized carbons (Fsp3) is 0.875. The van der Waals surface area contributed by atoms with Gasteiger partial charge in [0.1, 0.15) is 11.7 Å². The van der Waals surface area contributed by atoms with Gasteiger partial charge in [-0.2, -0.15) is 0 Å². The quantitative estimate of drug-likeness (QED) is 0.676. The van der Waals surface area contributed by atoms with Crippen molar-refractivity contribution >= 4 is 6.09 Å². The number of ether oxygens (including phenoxy) is 1. The predicted molar refractivity (Wildman–Crippen MR) is 109 cm³/mol. The number of rotatable bonds is 1. The van der Waals surface area contributed by atoms with Crippen molar-refractivity contribution < 1.29 is 14.6 Å². The molecule has 4 aliphatic carbocycles. The minimum Gasteiger partial charge on any atom is -0.446 e. The Balaban J connectivity index is 1.51. The molecule has 0 heterocycles. The van der Waals surface area contributed by atoms with E-state index in [9.17, 15) is 9.90 Å². The van der Waals surface area contributed by atoms with Crippen LogP contribution in [0.2, 0.25) is 0 Å². The highest BCUT2D eigenvalue weighted by molar-refractivity contribution is 5.66. The van der Waals surface area contributed by atoms with Gasteiger partial charge in [0.05, 0.1) is 0 Å². The summed E-state index contributed by atoms with van der Waals surface area (Å²) in [7, 11) is 3.50. The molecule has 8 atom stereocenters. The van der Waals surface area contributed by atoms with Crippen molar-refractivity contribution in [3.63, 3.8) is 0 Å². The maximum Gasteiger partial charge on any atom is 0.409 e. The molecule has 4 nitrogen and oxygen atoms in total. The first-order valence-corrected chi connectivity index (χ1v) is 11.2. The molecule has 0 aliphatic heterocycles. The third kappa shape index (κ3) is 2.72. The van der Waals surface area contributed by atoms with Gasteiger partial charge < -0.3 is 14.7 Å². The summed E-state index contributed by atoms with van der Waals surface area (Å²) in [4.78, 5) is 13.5. The lowest BCUT2D eigenvalue weighted by Crippen LogP contribution is -2.56.